The number of carbonyl (C=O) groups is 2. The van der Waals surface area contributed by atoms with Crippen LogP contribution >= 0.6 is 11.3 Å². The first-order chi connectivity index (χ1) is 15.8. The predicted octanol–water partition coefficient (Wildman–Crippen LogP) is 4.16. The maximum absolute atomic E-state index is 12.5. The minimum Gasteiger partial charge on any atom is -0.338 e. The van der Waals surface area contributed by atoms with E-state index in [0.717, 1.165) is 12.0 Å². The van der Waals surface area contributed by atoms with Gasteiger partial charge in [-0.1, -0.05) is 17.7 Å². The van der Waals surface area contributed by atoms with E-state index in [9.17, 15) is 18.0 Å². The summed E-state index contributed by atoms with van der Waals surface area (Å²) in [6.45, 7) is 3.19. The number of thiophene rings is 1. The smallest absolute Gasteiger partial charge is 0.261 e. The molecule has 0 saturated carbocycles. The fourth-order valence-corrected chi connectivity index (χ4v) is 5.56. The van der Waals surface area contributed by atoms with Gasteiger partial charge in [-0.05, 0) is 66.8 Å². The van der Waals surface area contributed by atoms with Crippen LogP contribution in [-0.4, -0.2) is 31.7 Å². The van der Waals surface area contributed by atoms with E-state index in [4.69, 9.17) is 0 Å². The van der Waals surface area contributed by atoms with E-state index >= 15 is 0 Å². The number of hydrogen-bond donors (Lipinski definition) is 2. The average Bonchev–Trinajstić information content (AvgIpc) is 3.27. The van der Waals surface area contributed by atoms with Crippen molar-refractivity contribution in [2.24, 2.45) is 0 Å². The summed E-state index contributed by atoms with van der Waals surface area (Å²) in [6, 6.07) is 15.0. The zero-order valence-corrected chi connectivity index (χ0v) is 19.8. The van der Waals surface area contributed by atoms with E-state index in [2.05, 4.69) is 16.1 Å². The quantitative estimate of drug-likeness (QED) is 0.527. The lowest BCUT2D eigenvalue weighted by molar-refractivity contribution is -0.133. The summed E-state index contributed by atoms with van der Waals surface area (Å²) in [7, 11) is -3.69. The van der Waals surface area contributed by atoms with Crippen molar-refractivity contribution in [3.05, 3.63) is 76.0 Å². The van der Waals surface area contributed by atoms with Crippen LogP contribution < -0.4 is 10.0 Å². The number of benzene rings is 2. The standard InChI is InChI=1S/C24H25N3O4S2/c1-17-2-8-21(9-3-17)33(30,31)26-20-6-4-19(5-7-20)25-23(28)10-11-24(29)27-14-12-22-18(16-27)13-15-32-22/h2-9,13,15,26H,10-12,14,16H2,1H3,(H,25,28). The van der Waals surface area contributed by atoms with E-state index in [0.29, 0.717) is 24.5 Å². The summed E-state index contributed by atoms with van der Waals surface area (Å²) in [6.07, 6.45) is 1.11. The molecule has 172 valence electrons. The number of nitrogens with zero attached hydrogens (tertiary/aromatic N) is 1. The van der Waals surface area contributed by atoms with E-state index < -0.39 is 10.0 Å². The SMILES string of the molecule is Cc1ccc(S(=O)(=O)Nc2ccc(NC(=O)CCC(=O)N3CCc4sccc4C3)cc2)cc1. The number of sulfonamides is 1. The molecule has 0 saturated heterocycles. The van der Waals surface area contributed by atoms with Crippen LogP contribution in [0.4, 0.5) is 11.4 Å². The fourth-order valence-electron chi connectivity index (χ4n) is 3.62. The Balaban J connectivity index is 1.27. The van der Waals surface area contributed by atoms with Crippen molar-refractivity contribution >= 4 is 44.5 Å². The van der Waals surface area contributed by atoms with E-state index in [1.54, 1.807) is 64.8 Å². The van der Waals surface area contributed by atoms with Gasteiger partial charge in [0.15, 0.2) is 0 Å². The maximum atomic E-state index is 12.5. The molecule has 3 aromatic rings. The first-order valence-electron chi connectivity index (χ1n) is 10.6. The molecule has 0 atom stereocenters. The number of hydrogen-bond acceptors (Lipinski definition) is 5. The summed E-state index contributed by atoms with van der Waals surface area (Å²) in [4.78, 5) is 28.1. The van der Waals surface area contributed by atoms with Crippen LogP contribution in [0.1, 0.15) is 28.8 Å². The molecule has 7 nitrogen and oxygen atoms in total. The van der Waals surface area contributed by atoms with Gasteiger partial charge in [0, 0.05) is 42.2 Å². The summed E-state index contributed by atoms with van der Waals surface area (Å²) >= 11 is 1.72. The van der Waals surface area contributed by atoms with Gasteiger partial charge in [-0.25, -0.2) is 8.42 Å². The molecular weight excluding hydrogens is 458 g/mol. The van der Waals surface area contributed by atoms with Crippen LogP contribution in [0.3, 0.4) is 0 Å². The lowest BCUT2D eigenvalue weighted by Gasteiger charge is -2.27. The first-order valence-corrected chi connectivity index (χ1v) is 13.0. The van der Waals surface area contributed by atoms with Crippen LogP contribution in [-0.2, 0) is 32.6 Å². The molecule has 1 aromatic heterocycles. The van der Waals surface area contributed by atoms with Gasteiger partial charge in [-0.15, -0.1) is 11.3 Å². The molecule has 0 fully saturated rings. The Morgan fingerprint density at radius 3 is 2.39 bits per heavy atom. The molecule has 2 N–H and O–H groups in total. The number of anilines is 2. The van der Waals surface area contributed by atoms with Gasteiger partial charge in [-0.2, -0.15) is 0 Å². The number of aryl methyl sites for hydroxylation is 1. The molecule has 2 heterocycles. The molecular formula is C24H25N3O4S2. The zero-order valence-electron chi connectivity index (χ0n) is 18.2. The lowest BCUT2D eigenvalue weighted by Crippen LogP contribution is -2.35. The Morgan fingerprint density at radius 2 is 1.67 bits per heavy atom. The van der Waals surface area contributed by atoms with Crippen LogP contribution in [0.5, 0.6) is 0 Å². The number of nitrogens with one attached hydrogen (secondary N) is 2. The molecule has 0 unspecified atom stereocenters. The van der Waals surface area contributed by atoms with Crippen molar-refractivity contribution in [3.8, 4) is 0 Å². The van der Waals surface area contributed by atoms with Crippen molar-refractivity contribution < 1.29 is 18.0 Å². The van der Waals surface area contributed by atoms with Gasteiger partial charge in [0.1, 0.15) is 0 Å². The first kappa shape index (κ1) is 23.0. The Morgan fingerprint density at radius 1 is 0.970 bits per heavy atom. The zero-order chi connectivity index (χ0) is 23.4. The third-order valence-electron chi connectivity index (χ3n) is 5.48. The highest BCUT2D eigenvalue weighted by Gasteiger charge is 2.22. The lowest BCUT2D eigenvalue weighted by atomic mass is 10.1. The van der Waals surface area contributed by atoms with Crippen molar-refractivity contribution in [2.75, 3.05) is 16.6 Å². The minimum absolute atomic E-state index is 0.0251. The number of carbonyl (C=O) groups excluding carboxylic acids is 2. The summed E-state index contributed by atoms with van der Waals surface area (Å²) in [5.74, 6) is -0.285. The highest BCUT2D eigenvalue weighted by atomic mass is 32.2. The average molecular weight is 484 g/mol. The minimum atomic E-state index is -3.69. The second-order valence-corrected chi connectivity index (χ2v) is 10.7. The summed E-state index contributed by atoms with van der Waals surface area (Å²) in [5.41, 5.74) is 3.10. The Hall–Kier alpha value is -3.17. The van der Waals surface area contributed by atoms with Crippen molar-refractivity contribution in [2.45, 2.75) is 37.6 Å². The fraction of sp³-hybridized carbons (Fsp3) is 0.250. The van der Waals surface area contributed by atoms with Gasteiger partial charge in [0.2, 0.25) is 11.8 Å². The van der Waals surface area contributed by atoms with Crippen LogP contribution in [0.25, 0.3) is 0 Å². The molecule has 0 spiro atoms. The normalized spacial score (nSPS) is 13.3. The van der Waals surface area contributed by atoms with E-state index in [-0.39, 0.29) is 29.6 Å². The van der Waals surface area contributed by atoms with Gasteiger partial charge in [0.25, 0.3) is 10.0 Å². The molecule has 33 heavy (non-hydrogen) atoms. The van der Waals surface area contributed by atoms with E-state index in [1.165, 1.54) is 10.4 Å². The van der Waals surface area contributed by atoms with Crippen LogP contribution in [0.15, 0.2) is 64.9 Å². The molecule has 1 aliphatic rings. The number of rotatable bonds is 7. The van der Waals surface area contributed by atoms with Crippen molar-refractivity contribution in [1.82, 2.24) is 4.90 Å². The van der Waals surface area contributed by atoms with Gasteiger partial charge in [-0.3, -0.25) is 14.3 Å². The monoisotopic (exact) mass is 483 g/mol. The second kappa shape index (κ2) is 9.76. The molecule has 0 radical (unpaired) electrons. The van der Waals surface area contributed by atoms with Crippen molar-refractivity contribution in [1.29, 1.82) is 0 Å². The van der Waals surface area contributed by atoms with Gasteiger partial charge in [0.05, 0.1) is 4.90 Å². The molecule has 0 aliphatic carbocycles. The second-order valence-electron chi connectivity index (χ2n) is 7.98. The molecule has 2 aromatic carbocycles. The van der Waals surface area contributed by atoms with Crippen LogP contribution in [0, 0.1) is 6.92 Å². The third-order valence-corrected chi connectivity index (χ3v) is 7.90. The van der Waals surface area contributed by atoms with Gasteiger partial charge >= 0.3 is 0 Å². The highest BCUT2D eigenvalue weighted by Crippen LogP contribution is 2.24. The van der Waals surface area contributed by atoms with Gasteiger partial charge < -0.3 is 10.2 Å². The number of amides is 2. The molecule has 0 bridgehead atoms. The molecule has 9 heteroatoms. The van der Waals surface area contributed by atoms with Crippen LogP contribution in [0.2, 0.25) is 0 Å². The Labute approximate surface area is 197 Å². The van der Waals surface area contributed by atoms with Crippen molar-refractivity contribution in [3.63, 3.8) is 0 Å². The summed E-state index contributed by atoms with van der Waals surface area (Å²) in [5, 5.41) is 4.80. The predicted molar refractivity (Wildman–Crippen MR) is 130 cm³/mol. The largest absolute Gasteiger partial charge is 0.338 e. The summed E-state index contributed by atoms with van der Waals surface area (Å²) < 4.78 is 27.5. The Kier molecular flexibility index (Phi) is 6.80. The third kappa shape index (κ3) is 5.80. The topological polar surface area (TPSA) is 95.6 Å². The number of fused-ring (bicyclic) bond motifs is 1. The highest BCUT2D eigenvalue weighted by molar-refractivity contribution is 7.92. The Bertz CT molecular complexity index is 1250. The molecule has 1 aliphatic heterocycles. The van der Waals surface area contributed by atoms with E-state index in [1.807, 2.05) is 12.3 Å². The molecule has 4 rings (SSSR count). The maximum Gasteiger partial charge on any atom is 0.261 e. The molecule has 2 amide bonds.